The maximum Gasteiger partial charge on any atom is 0.160 e. The lowest BCUT2D eigenvalue weighted by Crippen LogP contribution is -2.05. The minimum Gasteiger partial charge on any atom is -0.233 e. The fraction of sp³-hybridized carbons (Fsp3) is 0.0476. The number of aliphatic imine (C=N–C) groups is 2. The number of halogens is 1. The molecule has 0 bridgehead atoms. The summed E-state index contributed by atoms with van der Waals surface area (Å²) in [5.74, 6) is 0.578. The highest BCUT2D eigenvalue weighted by molar-refractivity contribution is 7.94. The van der Waals surface area contributed by atoms with E-state index >= 15 is 0 Å². The first-order chi connectivity index (χ1) is 22.6. The van der Waals surface area contributed by atoms with Crippen molar-refractivity contribution in [2.75, 3.05) is 0 Å². The van der Waals surface area contributed by atoms with Gasteiger partial charge in [-0.25, -0.2) is 9.98 Å². The van der Waals surface area contributed by atoms with Crippen LogP contribution in [0, 0.1) is 0 Å². The van der Waals surface area contributed by atoms with Crippen molar-refractivity contribution in [1.82, 2.24) is 0 Å². The molecule has 6 aromatic carbocycles. The molecule has 0 unspecified atom stereocenters. The number of benzene rings is 6. The Balaban J connectivity index is 1.34. The maximum atomic E-state index is 13.6. The van der Waals surface area contributed by atoms with Crippen molar-refractivity contribution in [3.05, 3.63) is 180 Å². The van der Waals surface area contributed by atoms with Gasteiger partial charge in [-0.3, -0.25) is 0 Å². The number of hydrogen-bond donors (Lipinski definition) is 0. The molecular formula is C42H31FN2S. The monoisotopic (exact) mass is 614 g/mol. The molecule has 0 saturated heterocycles. The topological polar surface area (TPSA) is 24.7 Å². The molecule has 2 nitrogen and oxygen atoms in total. The van der Waals surface area contributed by atoms with Gasteiger partial charge in [-0.15, -0.1) is 0 Å². The first-order valence-electron chi connectivity index (χ1n) is 15.3. The summed E-state index contributed by atoms with van der Waals surface area (Å²) in [5.41, 5.74) is 13.3. The maximum absolute atomic E-state index is 13.6. The van der Waals surface area contributed by atoms with Gasteiger partial charge in [0.05, 0.1) is 17.8 Å². The van der Waals surface area contributed by atoms with Gasteiger partial charge in [0.2, 0.25) is 0 Å². The fourth-order valence-electron chi connectivity index (χ4n) is 6.09. The quantitative estimate of drug-likeness (QED) is 0.129. The molecule has 222 valence electrons. The van der Waals surface area contributed by atoms with Crippen molar-refractivity contribution in [3.63, 3.8) is 0 Å². The zero-order valence-corrected chi connectivity index (χ0v) is 26.3. The van der Waals surface area contributed by atoms with Crippen LogP contribution in [0.1, 0.15) is 34.7 Å². The van der Waals surface area contributed by atoms with E-state index in [4.69, 9.17) is 9.98 Å². The van der Waals surface area contributed by atoms with Gasteiger partial charge in [-0.1, -0.05) is 128 Å². The van der Waals surface area contributed by atoms with E-state index in [9.17, 15) is 3.89 Å². The van der Waals surface area contributed by atoms with Crippen LogP contribution in [-0.2, 0) is 6.42 Å². The Morgan fingerprint density at radius 2 is 1.22 bits per heavy atom. The van der Waals surface area contributed by atoms with Gasteiger partial charge in [0.25, 0.3) is 0 Å². The largest absolute Gasteiger partial charge is 0.233 e. The standard InChI is InChI=1S/C42H31FN2S/c1-28(32-16-9-17-33(24-32)30-12-5-3-6-13-30)44-42(37-20-10-18-34(25-37)31-14-7-4-8-15-31)45-29(2)39-21-11-19-36-26-35-22-23-38(46-43)27-40(35)41(36)39/h3-25,27H,2,26H2,1H3. The van der Waals surface area contributed by atoms with Gasteiger partial charge < -0.3 is 0 Å². The Bertz CT molecular complexity index is 2130. The van der Waals surface area contributed by atoms with Gasteiger partial charge in [-0.05, 0) is 87.7 Å². The Hall–Kier alpha value is -5.32. The van der Waals surface area contributed by atoms with Crippen LogP contribution in [0.25, 0.3) is 39.1 Å². The first-order valence-corrected chi connectivity index (χ1v) is 16.0. The number of hydrogen-bond acceptors (Lipinski definition) is 2. The zero-order chi connectivity index (χ0) is 31.5. The number of nitrogens with zero attached hydrogens (tertiary/aromatic N) is 2. The molecule has 0 aliphatic heterocycles. The summed E-state index contributed by atoms with van der Waals surface area (Å²) in [4.78, 5) is 10.9. The van der Waals surface area contributed by atoms with Crippen LogP contribution in [0.3, 0.4) is 0 Å². The molecule has 7 rings (SSSR count). The third-order valence-electron chi connectivity index (χ3n) is 8.41. The Kier molecular flexibility index (Phi) is 8.28. The molecular weight excluding hydrogens is 584 g/mol. The summed E-state index contributed by atoms with van der Waals surface area (Å²) in [6, 6.07) is 49.4. The molecule has 0 radical (unpaired) electrons. The molecule has 4 heteroatoms. The van der Waals surface area contributed by atoms with Crippen LogP contribution in [-0.4, -0.2) is 11.5 Å². The smallest absolute Gasteiger partial charge is 0.160 e. The number of amidine groups is 1. The minimum absolute atomic E-state index is 0.268. The Morgan fingerprint density at radius 3 is 1.89 bits per heavy atom. The Morgan fingerprint density at radius 1 is 0.609 bits per heavy atom. The molecule has 0 N–H and O–H groups in total. The summed E-state index contributed by atoms with van der Waals surface area (Å²) in [6.45, 7) is 6.49. The van der Waals surface area contributed by atoms with Crippen molar-refractivity contribution in [2.45, 2.75) is 18.2 Å². The fourth-order valence-corrected chi connectivity index (χ4v) is 6.37. The van der Waals surface area contributed by atoms with E-state index in [1.54, 1.807) is 0 Å². The van der Waals surface area contributed by atoms with Gasteiger partial charge in [-0.2, -0.15) is 3.89 Å². The Labute approximate surface area is 274 Å². The number of rotatable bonds is 7. The van der Waals surface area contributed by atoms with Gasteiger partial charge in [0, 0.05) is 21.7 Å². The molecule has 6 aromatic rings. The van der Waals surface area contributed by atoms with Crippen molar-refractivity contribution in [2.24, 2.45) is 9.98 Å². The zero-order valence-electron chi connectivity index (χ0n) is 25.5. The molecule has 46 heavy (non-hydrogen) atoms. The summed E-state index contributed by atoms with van der Waals surface area (Å²) < 4.78 is 13.6. The van der Waals surface area contributed by atoms with Gasteiger partial charge in [0.1, 0.15) is 0 Å². The van der Waals surface area contributed by atoms with Crippen LogP contribution in [0.4, 0.5) is 3.89 Å². The van der Waals surface area contributed by atoms with Crippen molar-refractivity contribution in [1.29, 1.82) is 0 Å². The lowest BCUT2D eigenvalue weighted by atomic mass is 9.97. The average Bonchev–Trinajstić information content (AvgIpc) is 3.50. The average molecular weight is 615 g/mol. The molecule has 1 aliphatic rings. The first kappa shape index (κ1) is 29.4. The second kappa shape index (κ2) is 13.0. The van der Waals surface area contributed by atoms with Crippen molar-refractivity contribution >= 4 is 29.4 Å². The van der Waals surface area contributed by atoms with Crippen LogP contribution >= 0.6 is 12.1 Å². The summed E-state index contributed by atoms with van der Waals surface area (Å²) in [6.07, 6.45) is 0.799. The minimum atomic E-state index is 0.268. The summed E-state index contributed by atoms with van der Waals surface area (Å²) in [5, 5.41) is 0. The third-order valence-corrected chi connectivity index (χ3v) is 8.84. The lowest BCUT2D eigenvalue weighted by molar-refractivity contribution is 0.934. The third kappa shape index (κ3) is 6.00. The predicted octanol–water partition coefficient (Wildman–Crippen LogP) is 11.5. The van der Waals surface area contributed by atoms with Crippen LogP contribution < -0.4 is 0 Å². The van der Waals surface area contributed by atoms with Crippen molar-refractivity contribution < 1.29 is 3.89 Å². The SMILES string of the molecule is C=C(N=C(N=C(C)c1cccc(-c2ccccc2)c1)c1cccc(-c2ccccc2)c1)c1cccc2c1-c1cc(SF)ccc1C2. The van der Waals surface area contributed by atoms with E-state index in [0.29, 0.717) is 16.4 Å². The molecule has 0 fully saturated rings. The van der Waals surface area contributed by atoms with E-state index in [2.05, 4.69) is 85.4 Å². The molecule has 0 aromatic heterocycles. The highest BCUT2D eigenvalue weighted by Crippen LogP contribution is 2.43. The highest BCUT2D eigenvalue weighted by Gasteiger charge is 2.23. The van der Waals surface area contributed by atoms with Gasteiger partial charge >= 0.3 is 0 Å². The molecule has 0 amide bonds. The molecule has 0 atom stereocenters. The number of fused-ring (bicyclic) bond motifs is 3. The summed E-state index contributed by atoms with van der Waals surface area (Å²) >= 11 is 0.268. The van der Waals surface area contributed by atoms with E-state index in [1.165, 1.54) is 11.1 Å². The molecule has 1 aliphatic carbocycles. The molecule has 0 spiro atoms. The second-order valence-electron chi connectivity index (χ2n) is 11.4. The molecule has 0 heterocycles. The van der Waals surface area contributed by atoms with Crippen LogP contribution in [0.5, 0.6) is 0 Å². The van der Waals surface area contributed by atoms with Crippen LogP contribution in [0.15, 0.2) is 167 Å². The second-order valence-corrected chi connectivity index (χ2v) is 12.0. The van der Waals surface area contributed by atoms with Gasteiger partial charge in [0.15, 0.2) is 5.84 Å². The van der Waals surface area contributed by atoms with Crippen molar-refractivity contribution in [3.8, 4) is 33.4 Å². The van der Waals surface area contributed by atoms with Crippen LogP contribution in [0.2, 0.25) is 0 Å². The predicted molar refractivity (Wildman–Crippen MR) is 193 cm³/mol. The van der Waals surface area contributed by atoms with E-state index in [1.807, 2.05) is 73.7 Å². The molecule has 0 saturated carbocycles. The lowest BCUT2D eigenvalue weighted by Gasteiger charge is -2.12. The highest BCUT2D eigenvalue weighted by atomic mass is 32.2. The normalized spacial score (nSPS) is 12.5. The van der Waals surface area contributed by atoms with E-state index in [-0.39, 0.29) is 12.1 Å². The van der Waals surface area contributed by atoms with E-state index < -0.39 is 0 Å². The van der Waals surface area contributed by atoms with E-state index in [0.717, 1.165) is 62.2 Å². The summed E-state index contributed by atoms with van der Waals surface area (Å²) in [7, 11) is 0.